The molecule has 0 aliphatic rings. The van der Waals surface area contributed by atoms with E-state index in [1.165, 1.54) is 0 Å². The lowest BCUT2D eigenvalue weighted by Crippen LogP contribution is -1.83. The van der Waals surface area contributed by atoms with Gasteiger partial charge in [-0.25, -0.2) is 0 Å². The van der Waals surface area contributed by atoms with Crippen LogP contribution in [0.3, 0.4) is 0 Å². The van der Waals surface area contributed by atoms with E-state index in [4.69, 9.17) is 28.5 Å². The van der Waals surface area contributed by atoms with E-state index < -0.39 is 0 Å². The van der Waals surface area contributed by atoms with Gasteiger partial charge in [-0.05, 0) is 17.7 Å². The zero-order chi connectivity index (χ0) is 9.14. The summed E-state index contributed by atoms with van der Waals surface area (Å²) in [6, 6.07) is 5.38. The van der Waals surface area contributed by atoms with Gasteiger partial charge >= 0.3 is 0 Å². The van der Waals surface area contributed by atoms with Crippen molar-refractivity contribution in [2.24, 2.45) is 0 Å². The molecule has 0 aromatic heterocycles. The Labute approximate surface area is 89.0 Å². The van der Waals surface area contributed by atoms with Crippen molar-refractivity contribution in [3.05, 3.63) is 33.3 Å². The highest BCUT2D eigenvalue weighted by molar-refractivity contribution is 9.08. The minimum atomic E-state index is 0.336. The molecule has 1 rings (SSSR count). The van der Waals surface area contributed by atoms with Crippen LogP contribution in [0.5, 0.6) is 0 Å². The third-order valence-corrected chi connectivity index (χ3v) is 2.61. The van der Waals surface area contributed by atoms with Crippen molar-refractivity contribution in [1.29, 1.82) is 5.26 Å². The summed E-state index contributed by atoms with van der Waals surface area (Å²) in [5.74, 6) is 0. The van der Waals surface area contributed by atoms with Gasteiger partial charge in [0, 0.05) is 5.33 Å². The van der Waals surface area contributed by atoms with Gasteiger partial charge in [-0.3, -0.25) is 0 Å². The second-order valence-corrected chi connectivity index (χ2v) is 3.56. The van der Waals surface area contributed by atoms with Crippen molar-refractivity contribution in [1.82, 2.24) is 0 Å². The molecule has 62 valence electrons. The Kier molecular flexibility index (Phi) is 3.39. The molecular formula is C8H4BrCl2N. The monoisotopic (exact) mass is 263 g/mol. The van der Waals surface area contributed by atoms with Crippen LogP contribution in [0.4, 0.5) is 0 Å². The molecule has 0 unspecified atom stereocenters. The maximum absolute atomic E-state index is 8.63. The molecule has 1 aromatic carbocycles. The van der Waals surface area contributed by atoms with Crippen LogP contribution in [0.25, 0.3) is 0 Å². The molecule has 0 aliphatic carbocycles. The smallest absolute Gasteiger partial charge is 0.102 e. The molecule has 0 saturated heterocycles. The van der Waals surface area contributed by atoms with Crippen molar-refractivity contribution in [2.45, 2.75) is 5.33 Å². The Bertz CT molecular complexity index is 320. The highest BCUT2D eigenvalue weighted by Gasteiger charge is 2.06. The first-order valence-electron chi connectivity index (χ1n) is 3.13. The number of nitriles is 1. The van der Waals surface area contributed by atoms with Crippen molar-refractivity contribution < 1.29 is 0 Å². The Balaban J connectivity index is 3.30. The van der Waals surface area contributed by atoms with Gasteiger partial charge < -0.3 is 0 Å². The van der Waals surface area contributed by atoms with E-state index in [-0.39, 0.29) is 0 Å². The predicted molar refractivity (Wildman–Crippen MR) is 53.8 cm³/mol. The van der Waals surface area contributed by atoms with Gasteiger partial charge in [0.15, 0.2) is 0 Å². The molecule has 0 aliphatic heterocycles. The predicted octanol–water partition coefficient (Wildman–Crippen LogP) is 3.76. The second kappa shape index (κ2) is 4.13. The maximum atomic E-state index is 8.63. The first kappa shape index (κ1) is 9.85. The van der Waals surface area contributed by atoms with Crippen LogP contribution in [-0.2, 0) is 5.33 Å². The average molecular weight is 265 g/mol. The van der Waals surface area contributed by atoms with E-state index in [0.29, 0.717) is 20.9 Å². The molecule has 0 spiro atoms. The summed E-state index contributed by atoms with van der Waals surface area (Å²) in [4.78, 5) is 0. The first-order valence-corrected chi connectivity index (χ1v) is 5.00. The Morgan fingerprint density at radius 2 is 1.83 bits per heavy atom. The highest BCUT2D eigenvalue weighted by atomic mass is 79.9. The van der Waals surface area contributed by atoms with Crippen LogP contribution in [0.2, 0.25) is 10.0 Å². The van der Waals surface area contributed by atoms with Crippen LogP contribution >= 0.6 is 39.1 Å². The Morgan fingerprint density at radius 3 is 2.17 bits per heavy atom. The number of rotatable bonds is 1. The summed E-state index contributed by atoms with van der Waals surface area (Å²) in [5, 5.41) is 10.1. The van der Waals surface area contributed by atoms with Crippen LogP contribution in [0.1, 0.15) is 11.1 Å². The van der Waals surface area contributed by atoms with E-state index >= 15 is 0 Å². The lowest BCUT2D eigenvalue weighted by molar-refractivity contribution is 1.41. The van der Waals surface area contributed by atoms with Gasteiger partial charge in [0.05, 0.1) is 15.6 Å². The average Bonchev–Trinajstić information content (AvgIpc) is 2.03. The zero-order valence-electron chi connectivity index (χ0n) is 5.94. The fourth-order valence-electron chi connectivity index (χ4n) is 0.810. The number of halogens is 3. The van der Waals surface area contributed by atoms with Crippen LogP contribution in [0.15, 0.2) is 12.1 Å². The topological polar surface area (TPSA) is 23.8 Å². The van der Waals surface area contributed by atoms with Crippen molar-refractivity contribution in [2.75, 3.05) is 0 Å². The van der Waals surface area contributed by atoms with Gasteiger partial charge in [-0.1, -0.05) is 39.1 Å². The molecule has 4 heteroatoms. The minimum Gasteiger partial charge on any atom is -0.192 e. The lowest BCUT2D eigenvalue weighted by atomic mass is 10.2. The van der Waals surface area contributed by atoms with E-state index in [1.54, 1.807) is 12.1 Å². The van der Waals surface area contributed by atoms with Crippen LogP contribution < -0.4 is 0 Å². The number of hydrogen-bond donors (Lipinski definition) is 0. The minimum absolute atomic E-state index is 0.336. The number of alkyl halides is 1. The molecule has 0 saturated carbocycles. The Hall–Kier alpha value is -0.230. The molecule has 0 amide bonds. The van der Waals surface area contributed by atoms with Crippen LogP contribution in [-0.4, -0.2) is 0 Å². The van der Waals surface area contributed by atoms with Gasteiger partial charge in [0.1, 0.15) is 6.07 Å². The molecule has 0 fully saturated rings. The molecule has 1 aromatic rings. The zero-order valence-corrected chi connectivity index (χ0v) is 9.04. The summed E-state index contributed by atoms with van der Waals surface area (Å²) in [6.07, 6.45) is 0. The van der Waals surface area contributed by atoms with E-state index in [9.17, 15) is 0 Å². The van der Waals surface area contributed by atoms with Gasteiger partial charge in [0.2, 0.25) is 0 Å². The summed E-state index contributed by atoms with van der Waals surface area (Å²) in [7, 11) is 0. The molecule has 0 bridgehead atoms. The number of benzene rings is 1. The first-order chi connectivity index (χ1) is 5.69. The van der Waals surface area contributed by atoms with Gasteiger partial charge in [-0.2, -0.15) is 5.26 Å². The van der Waals surface area contributed by atoms with Crippen molar-refractivity contribution in [3.63, 3.8) is 0 Å². The van der Waals surface area contributed by atoms with Crippen molar-refractivity contribution in [3.8, 4) is 6.07 Å². The Morgan fingerprint density at radius 1 is 1.33 bits per heavy atom. The maximum Gasteiger partial charge on any atom is 0.102 e. The molecule has 0 atom stereocenters. The van der Waals surface area contributed by atoms with Crippen LogP contribution in [0, 0.1) is 11.3 Å². The molecule has 12 heavy (non-hydrogen) atoms. The highest BCUT2D eigenvalue weighted by Crippen LogP contribution is 2.26. The molecule has 0 radical (unpaired) electrons. The largest absolute Gasteiger partial charge is 0.192 e. The standard InChI is InChI=1S/C8H4BrCl2N/c9-3-5-1-7(10)6(4-12)8(11)2-5/h1-2H,3H2. The quantitative estimate of drug-likeness (QED) is 0.709. The normalized spacial score (nSPS) is 9.50. The van der Waals surface area contributed by atoms with Gasteiger partial charge in [0.25, 0.3) is 0 Å². The van der Waals surface area contributed by atoms with E-state index in [1.807, 2.05) is 6.07 Å². The molecule has 0 heterocycles. The van der Waals surface area contributed by atoms with Gasteiger partial charge in [-0.15, -0.1) is 0 Å². The SMILES string of the molecule is N#Cc1c(Cl)cc(CBr)cc1Cl. The summed E-state index contributed by atoms with van der Waals surface area (Å²) >= 11 is 14.8. The third-order valence-electron chi connectivity index (χ3n) is 1.37. The third kappa shape index (κ3) is 1.92. The molecule has 1 nitrogen and oxygen atoms in total. The summed E-state index contributed by atoms with van der Waals surface area (Å²) in [5.41, 5.74) is 1.30. The fourth-order valence-corrected chi connectivity index (χ4v) is 1.75. The summed E-state index contributed by atoms with van der Waals surface area (Å²) in [6.45, 7) is 0. The fraction of sp³-hybridized carbons (Fsp3) is 0.125. The molecule has 0 N–H and O–H groups in total. The molecular weight excluding hydrogens is 261 g/mol. The van der Waals surface area contributed by atoms with E-state index in [0.717, 1.165) is 5.56 Å². The van der Waals surface area contributed by atoms with Crippen molar-refractivity contribution >= 4 is 39.1 Å². The summed E-state index contributed by atoms with van der Waals surface area (Å²) < 4.78 is 0. The number of nitrogens with zero attached hydrogens (tertiary/aromatic N) is 1. The number of hydrogen-bond acceptors (Lipinski definition) is 1. The second-order valence-electron chi connectivity index (χ2n) is 2.18. The van der Waals surface area contributed by atoms with E-state index in [2.05, 4.69) is 15.9 Å². The lowest BCUT2D eigenvalue weighted by Gasteiger charge is -2.00.